The molecule has 1 N–H and O–H groups in total. The molecule has 0 aromatic heterocycles. The summed E-state index contributed by atoms with van der Waals surface area (Å²) in [6.07, 6.45) is 1.49. The first-order chi connectivity index (χ1) is 9.74. The number of hydrogen-bond acceptors (Lipinski definition) is 2. The Hall–Kier alpha value is -2.42. The first-order valence-electron chi connectivity index (χ1n) is 6.65. The molecule has 0 heterocycles. The largest absolute Gasteiger partial charge is 0.326 e. The molecule has 0 bridgehead atoms. The van der Waals surface area contributed by atoms with Gasteiger partial charge >= 0.3 is 0 Å². The van der Waals surface area contributed by atoms with Gasteiger partial charge in [0.2, 0.25) is 5.91 Å². The average molecular weight is 267 g/mol. The number of rotatable bonds is 5. The van der Waals surface area contributed by atoms with Crippen LogP contribution in [0.2, 0.25) is 0 Å². The Morgan fingerprint density at radius 2 is 1.90 bits per heavy atom. The van der Waals surface area contributed by atoms with Gasteiger partial charge in [-0.25, -0.2) is 0 Å². The van der Waals surface area contributed by atoms with Gasteiger partial charge in [0.25, 0.3) is 0 Å². The van der Waals surface area contributed by atoms with Crippen molar-refractivity contribution >= 4 is 17.9 Å². The summed E-state index contributed by atoms with van der Waals surface area (Å²) in [4.78, 5) is 23.1. The lowest BCUT2D eigenvalue weighted by Crippen LogP contribution is -2.20. The molecular formula is C17H17NO2. The van der Waals surface area contributed by atoms with Gasteiger partial charge < -0.3 is 5.32 Å². The second-order valence-corrected chi connectivity index (χ2v) is 4.60. The van der Waals surface area contributed by atoms with Crippen LogP contribution in [0.4, 0.5) is 5.69 Å². The van der Waals surface area contributed by atoms with Crippen LogP contribution < -0.4 is 5.32 Å². The zero-order chi connectivity index (χ0) is 14.4. The summed E-state index contributed by atoms with van der Waals surface area (Å²) >= 11 is 0. The quantitative estimate of drug-likeness (QED) is 0.841. The molecule has 1 unspecified atom stereocenters. The van der Waals surface area contributed by atoms with Gasteiger partial charge in [0, 0.05) is 11.3 Å². The molecule has 2 aromatic rings. The molecule has 0 spiro atoms. The fraction of sp³-hybridized carbons (Fsp3) is 0.176. The smallest absolute Gasteiger partial charge is 0.231 e. The number of benzene rings is 2. The lowest BCUT2D eigenvalue weighted by atomic mass is 9.95. The number of nitrogens with one attached hydrogen (secondary N) is 1. The van der Waals surface area contributed by atoms with Crippen molar-refractivity contribution in [1.29, 1.82) is 0 Å². The van der Waals surface area contributed by atoms with Crippen molar-refractivity contribution in [3.05, 3.63) is 65.7 Å². The Morgan fingerprint density at radius 1 is 1.15 bits per heavy atom. The van der Waals surface area contributed by atoms with Gasteiger partial charge in [0.1, 0.15) is 6.29 Å². The highest BCUT2D eigenvalue weighted by Crippen LogP contribution is 2.21. The fourth-order valence-corrected chi connectivity index (χ4v) is 2.18. The van der Waals surface area contributed by atoms with Crippen molar-refractivity contribution in [3.63, 3.8) is 0 Å². The average Bonchev–Trinajstić information content (AvgIpc) is 2.49. The maximum absolute atomic E-state index is 12.3. The van der Waals surface area contributed by atoms with E-state index in [0.29, 0.717) is 11.3 Å². The summed E-state index contributed by atoms with van der Waals surface area (Å²) in [5, 5.41) is 2.87. The van der Waals surface area contributed by atoms with Gasteiger partial charge in [0.15, 0.2) is 0 Å². The summed E-state index contributed by atoms with van der Waals surface area (Å²) in [6, 6.07) is 16.6. The molecule has 0 saturated heterocycles. The maximum Gasteiger partial charge on any atom is 0.231 e. The molecule has 3 nitrogen and oxygen atoms in total. The van der Waals surface area contributed by atoms with E-state index in [2.05, 4.69) is 5.32 Å². The third-order valence-corrected chi connectivity index (χ3v) is 3.22. The minimum Gasteiger partial charge on any atom is -0.326 e. The lowest BCUT2D eigenvalue weighted by molar-refractivity contribution is -0.117. The van der Waals surface area contributed by atoms with Crippen LogP contribution in [0.15, 0.2) is 54.6 Å². The number of carbonyl (C=O) groups is 2. The standard InChI is InChI=1S/C17H17NO2/c1-2-16(14-8-4-3-5-9-14)17(20)18-15-10-6-7-13(11-15)12-19/h3-12,16H,2H2,1H3,(H,18,20). The Labute approximate surface area is 118 Å². The van der Waals surface area contributed by atoms with Gasteiger partial charge in [-0.1, -0.05) is 49.4 Å². The molecule has 0 fully saturated rings. The summed E-state index contributed by atoms with van der Waals surface area (Å²) < 4.78 is 0. The van der Waals surface area contributed by atoms with E-state index in [1.807, 2.05) is 37.3 Å². The number of aldehydes is 1. The zero-order valence-electron chi connectivity index (χ0n) is 11.4. The Morgan fingerprint density at radius 3 is 2.55 bits per heavy atom. The van der Waals surface area contributed by atoms with E-state index in [0.717, 1.165) is 18.3 Å². The van der Waals surface area contributed by atoms with E-state index >= 15 is 0 Å². The second-order valence-electron chi connectivity index (χ2n) is 4.60. The van der Waals surface area contributed by atoms with Crippen LogP contribution >= 0.6 is 0 Å². The highest BCUT2D eigenvalue weighted by Gasteiger charge is 2.18. The molecular weight excluding hydrogens is 250 g/mol. The van der Waals surface area contributed by atoms with Gasteiger partial charge in [-0.15, -0.1) is 0 Å². The van der Waals surface area contributed by atoms with E-state index in [1.54, 1.807) is 24.3 Å². The number of amides is 1. The zero-order valence-corrected chi connectivity index (χ0v) is 11.4. The number of carbonyl (C=O) groups excluding carboxylic acids is 2. The molecule has 1 amide bonds. The minimum absolute atomic E-state index is 0.0539. The topological polar surface area (TPSA) is 46.2 Å². The lowest BCUT2D eigenvalue weighted by Gasteiger charge is -2.15. The Bertz CT molecular complexity index is 593. The monoisotopic (exact) mass is 267 g/mol. The van der Waals surface area contributed by atoms with Gasteiger partial charge in [-0.3, -0.25) is 9.59 Å². The predicted molar refractivity (Wildman–Crippen MR) is 79.9 cm³/mol. The molecule has 0 aliphatic rings. The summed E-state index contributed by atoms with van der Waals surface area (Å²) in [5.41, 5.74) is 2.20. The molecule has 2 aromatic carbocycles. The third kappa shape index (κ3) is 3.32. The predicted octanol–water partition coefficient (Wildman–Crippen LogP) is 3.63. The van der Waals surface area contributed by atoms with Gasteiger partial charge in [-0.05, 0) is 24.1 Å². The van der Waals surface area contributed by atoms with Crippen LogP contribution in [0, 0.1) is 0 Å². The van der Waals surface area contributed by atoms with E-state index in [1.165, 1.54) is 0 Å². The SMILES string of the molecule is CCC(C(=O)Nc1cccc(C=O)c1)c1ccccc1. The first-order valence-corrected chi connectivity index (χ1v) is 6.65. The van der Waals surface area contributed by atoms with Crippen LogP contribution in [0.25, 0.3) is 0 Å². The van der Waals surface area contributed by atoms with E-state index in [9.17, 15) is 9.59 Å². The van der Waals surface area contributed by atoms with E-state index < -0.39 is 0 Å². The first kappa shape index (κ1) is 14.0. The second kappa shape index (κ2) is 6.66. The fourth-order valence-electron chi connectivity index (χ4n) is 2.18. The van der Waals surface area contributed by atoms with Crippen LogP contribution in [0.5, 0.6) is 0 Å². The van der Waals surface area contributed by atoms with Crippen molar-refractivity contribution in [3.8, 4) is 0 Å². The molecule has 1 atom stereocenters. The molecule has 20 heavy (non-hydrogen) atoms. The van der Waals surface area contributed by atoms with Crippen molar-refractivity contribution in [2.45, 2.75) is 19.3 Å². The van der Waals surface area contributed by atoms with Crippen LogP contribution in [0.3, 0.4) is 0 Å². The van der Waals surface area contributed by atoms with Gasteiger partial charge in [-0.2, -0.15) is 0 Å². The molecule has 3 heteroatoms. The third-order valence-electron chi connectivity index (χ3n) is 3.22. The molecule has 102 valence electrons. The highest BCUT2D eigenvalue weighted by atomic mass is 16.1. The number of hydrogen-bond donors (Lipinski definition) is 1. The molecule has 0 radical (unpaired) electrons. The van der Waals surface area contributed by atoms with Crippen molar-refractivity contribution in [2.24, 2.45) is 0 Å². The Kier molecular flexibility index (Phi) is 4.66. The normalized spacial score (nSPS) is 11.7. The molecule has 0 saturated carbocycles. The number of anilines is 1. The summed E-state index contributed by atoms with van der Waals surface area (Å²) in [7, 11) is 0. The Balaban J connectivity index is 2.15. The van der Waals surface area contributed by atoms with Crippen LogP contribution in [-0.4, -0.2) is 12.2 Å². The molecule has 0 aliphatic carbocycles. The van der Waals surface area contributed by atoms with Crippen molar-refractivity contribution in [1.82, 2.24) is 0 Å². The maximum atomic E-state index is 12.3. The highest BCUT2D eigenvalue weighted by molar-refractivity contribution is 5.96. The van der Waals surface area contributed by atoms with Gasteiger partial charge in [0.05, 0.1) is 5.92 Å². The summed E-state index contributed by atoms with van der Waals surface area (Å²) in [6.45, 7) is 1.99. The molecule has 2 rings (SSSR count). The minimum atomic E-state index is -0.184. The van der Waals surface area contributed by atoms with Crippen LogP contribution in [-0.2, 0) is 4.79 Å². The van der Waals surface area contributed by atoms with E-state index in [4.69, 9.17) is 0 Å². The van der Waals surface area contributed by atoms with Crippen molar-refractivity contribution in [2.75, 3.05) is 5.32 Å². The van der Waals surface area contributed by atoms with Crippen molar-refractivity contribution < 1.29 is 9.59 Å². The summed E-state index contributed by atoms with van der Waals surface area (Å²) in [5.74, 6) is -0.238. The van der Waals surface area contributed by atoms with E-state index in [-0.39, 0.29) is 11.8 Å². The van der Waals surface area contributed by atoms with Crippen LogP contribution in [0.1, 0.15) is 35.2 Å². The molecule has 0 aliphatic heterocycles.